The molecule has 36 heavy (non-hydrogen) atoms. The van der Waals surface area contributed by atoms with Crippen LogP contribution in [0.1, 0.15) is 31.7 Å². The Hall–Kier alpha value is -3.88. The Kier molecular flexibility index (Phi) is 7.57. The summed E-state index contributed by atoms with van der Waals surface area (Å²) < 4.78 is 7.84. The number of aryl methyl sites for hydroxylation is 3. The summed E-state index contributed by atoms with van der Waals surface area (Å²) in [6.07, 6.45) is 2.17. The van der Waals surface area contributed by atoms with E-state index >= 15 is 0 Å². The van der Waals surface area contributed by atoms with Crippen LogP contribution in [0.2, 0.25) is 0 Å². The molecule has 0 bridgehead atoms. The van der Waals surface area contributed by atoms with Gasteiger partial charge in [0.2, 0.25) is 5.91 Å². The van der Waals surface area contributed by atoms with Crippen molar-refractivity contribution in [2.75, 3.05) is 29.9 Å². The van der Waals surface area contributed by atoms with Gasteiger partial charge in [-0.3, -0.25) is 19.2 Å². The van der Waals surface area contributed by atoms with Crippen molar-refractivity contribution in [3.05, 3.63) is 68.7 Å². The number of hydrogen-bond donors (Lipinski definition) is 1. The molecule has 9 heteroatoms. The Labute approximate surface area is 209 Å². The number of aromatic nitrogens is 2. The fourth-order valence-corrected chi connectivity index (χ4v) is 4.70. The van der Waals surface area contributed by atoms with Crippen LogP contribution in [0.3, 0.4) is 0 Å². The van der Waals surface area contributed by atoms with Crippen molar-refractivity contribution < 1.29 is 14.3 Å². The van der Waals surface area contributed by atoms with Gasteiger partial charge in [0.1, 0.15) is 0 Å². The SMILES string of the molecule is CCOC(=O)C1CCN(c2cc3c(cc2NC(=O)CCc2ccccc2)n(C)c(=O)c(=O)n3C)CC1. The number of piperidine rings is 1. The molecule has 9 nitrogen and oxygen atoms in total. The Morgan fingerprint density at radius 2 is 1.58 bits per heavy atom. The van der Waals surface area contributed by atoms with E-state index in [-0.39, 0.29) is 17.8 Å². The van der Waals surface area contributed by atoms with Crippen LogP contribution in [0, 0.1) is 5.92 Å². The van der Waals surface area contributed by atoms with Crippen molar-refractivity contribution in [1.29, 1.82) is 0 Å². The Bertz CT molecular complexity index is 1390. The number of fused-ring (bicyclic) bond motifs is 1. The summed E-state index contributed by atoms with van der Waals surface area (Å²) in [7, 11) is 3.12. The van der Waals surface area contributed by atoms with Crippen molar-refractivity contribution in [1.82, 2.24) is 9.13 Å². The number of nitrogens with one attached hydrogen (secondary N) is 1. The Morgan fingerprint density at radius 1 is 0.972 bits per heavy atom. The number of amides is 1. The summed E-state index contributed by atoms with van der Waals surface area (Å²) in [6.45, 7) is 3.35. The van der Waals surface area contributed by atoms with Crippen LogP contribution >= 0.6 is 0 Å². The lowest BCUT2D eigenvalue weighted by atomic mass is 9.96. The molecule has 0 atom stereocenters. The molecule has 1 aliphatic rings. The molecule has 2 heterocycles. The zero-order valence-corrected chi connectivity index (χ0v) is 21.0. The maximum atomic E-state index is 12.9. The van der Waals surface area contributed by atoms with Crippen molar-refractivity contribution in [2.45, 2.75) is 32.6 Å². The zero-order chi connectivity index (χ0) is 25.8. The number of anilines is 2. The second-order valence-corrected chi connectivity index (χ2v) is 9.13. The second kappa shape index (κ2) is 10.8. The third kappa shape index (κ3) is 5.19. The molecular formula is C27H32N4O5. The van der Waals surface area contributed by atoms with Crippen LogP contribution in [0.15, 0.2) is 52.1 Å². The summed E-state index contributed by atoms with van der Waals surface area (Å²) in [5.41, 5.74) is 2.30. The van der Waals surface area contributed by atoms with Crippen molar-refractivity contribution >= 4 is 34.3 Å². The first kappa shape index (κ1) is 25.2. The molecule has 0 spiro atoms. The fourth-order valence-electron chi connectivity index (χ4n) is 4.70. The van der Waals surface area contributed by atoms with Gasteiger partial charge in [-0.15, -0.1) is 0 Å². The van der Waals surface area contributed by atoms with E-state index in [2.05, 4.69) is 10.2 Å². The minimum atomic E-state index is -0.630. The number of benzene rings is 2. The third-order valence-electron chi connectivity index (χ3n) is 6.82. The predicted molar refractivity (Wildman–Crippen MR) is 139 cm³/mol. The quantitative estimate of drug-likeness (QED) is 0.402. The number of esters is 1. The summed E-state index contributed by atoms with van der Waals surface area (Å²) >= 11 is 0. The van der Waals surface area contributed by atoms with E-state index < -0.39 is 11.1 Å². The molecule has 190 valence electrons. The van der Waals surface area contributed by atoms with Crippen LogP contribution < -0.4 is 21.3 Å². The minimum absolute atomic E-state index is 0.143. The molecule has 3 aromatic rings. The maximum Gasteiger partial charge on any atom is 0.316 e. The van der Waals surface area contributed by atoms with Crippen molar-refractivity contribution in [3.8, 4) is 0 Å². The van der Waals surface area contributed by atoms with Crippen LogP contribution in [0.25, 0.3) is 11.0 Å². The van der Waals surface area contributed by atoms with Gasteiger partial charge in [0.15, 0.2) is 0 Å². The maximum absolute atomic E-state index is 12.9. The van der Waals surface area contributed by atoms with E-state index in [1.165, 1.54) is 9.13 Å². The van der Waals surface area contributed by atoms with Gasteiger partial charge >= 0.3 is 17.1 Å². The highest BCUT2D eigenvalue weighted by atomic mass is 16.5. The average molecular weight is 493 g/mol. The highest BCUT2D eigenvalue weighted by molar-refractivity contribution is 5.98. The zero-order valence-electron chi connectivity index (χ0n) is 21.0. The molecule has 1 saturated heterocycles. The van der Waals surface area contributed by atoms with Crippen LogP contribution in [0.4, 0.5) is 11.4 Å². The highest BCUT2D eigenvalue weighted by Crippen LogP contribution is 2.34. The first-order valence-electron chi connectivity index (χ1n) is 12.3. The first-order valence-corrected chi connectivity index (χ1v) is 12.3. The minimum Gasteiger partial charge on any atom is -0.466 e. The molecule has 0 aliphatic carbocycles. The van der Waals surface area contributed by atoms with Crippen molar-refractivity contribution in [2.24, 2.45) is 20.0 Å². The number of ether oxygens (including phenoxy) is 1. The van der Waals surface area contributed by atoms with Gasteiger partial charge in [-0.2, -0.15) is 0 Å². The molecule has 0 saturated carbocycles. The smallest absolute Gasteiger partial charge is 0.316 e. The Balaban J connectivity index is 1.66. The van der Waals surface area contributed by atoms with Gasteiger partial charge < -0.3 is 24.1 Å². The van der Waals surface area contributed by atoms with E-state index in [4.69, 9.17) is 4.74 Å². The molecule has 1 aromatic heterocycles. The summed E-state index contributed by atoms with van der Waals surface area (Å²) in [4.78, 5) is 52.1. The van der Waals surface area contributed by atoms with Crippen molar-refractivity contribution in [3.63, 3.8) is 0 Å². The van der Waals surface area contributed by atoms with E-state index in [0.717, 1.165) is 11.3 Å². The number of nitrogens with zero attached hydrogens (tertiary/aromatic N) is 3. The van der Waals surface area contributed by atoms with Crippen LogP contribution in [-0.2, 0) is 34.8 Å². The van der Waals surface area contributed by atoms with Crippen LogP contribution in [-0.4, -0.2) is 40.7 Å². The molecule has 4 rings (SSSR count). The van der Waals surface area contributed by atoms with E-state index in [9.17, 15) is 19.2 Å². The average Bonchev–Trinajstić information content (AvgIpc) is 2.90. The number of carbonyl (C=O) groups is 2. The van der Waals surface area contributed by atoms with Gasteiger partial charge in [0, 0.05) is 33.6 Å². The molecule has 1 N–H and O–H groups in total. The van der Waals surface area contributed by atoms with Gasteiger partial charge in [0.05, 0.1) is 34.9 Å². The topological polar surface area (TPSA) is 103 Å². The lowest BCUT2D eigenvalue weighted by molar-refractivity contribution is -0.148. The molecule has 0 radical (unpaired) electrons. The fraction of sp³-hybridized carbons (Fsp3) is 0.407. The van der Waals surface area contributed by atoms with Gasteiger partial charge in [-0.25, -0.2) is 0 Å². The van der Waals surface area contributed by atoms with Gasteiger partial charge in [-0.1, -0.05) is 30.3 Å². The summed E-state index contributed by atoms with van der Waals surface area (Å²) in [6, 6.07) is 13.4. The number of rotatable bonds is 7. The van der Waals surface area contributed by atoms with E-state index in [0.29, 0.717) is 62.1 Å². The van der Waals surface area contributed by atoms with Gasteiger partial charge in [-0.05, 0) is 43.9 Å². The monoisotopic (exact) mass is 492 g/mol. The predicted octanol–water partition coefficient (Wildman–Crippen LogP) is 2.59. The molecule has 1 fully saturated rings. The normalized spacial score (nSPS) is 14.1. The number of hydrogen-bond acceptors (Lipinski definition) is 6. The van der Waals surface area contributed by atoms with Crippen LogP contribution in [0.5, 0.6) is 0 Å². The van der Waals surface area contributed by atoms with E-state index in [1.807, 2.05) is 36.4 Å². The molecular weight excluding hydrogens is 460 g/mol. The number of carbonyl (C=O) groups excluding carboxylic acids is 2. The first-order chi connectivity index (χ1) is 17.3. The second-order valence-electron chi connectivity index (χ2n) is 9.13. The third-order valence-corrected chi connectivity index (χ3v) is 6.82. The lowest BCUT2D eigenvalue weighted by Gasteiger charge is -2.34. The summed E-state index contributed by atoms with van der Waals surface area (Å²) in [5.74, 6) is -0.478. The molecule has 1 aliphatic heterocycles. The van der Waals surface area contributed by atoms with Gasteiger partial charge in [0.25, 0.3) is 0 Å². The lowest BCUT2D eigenvalue weighted by Crippen LogP contribution is -2.40. The molecule has 0 unspecified atom stereocenters. The highest BCUT2D eigenvalue weighted by Gasteiger charge is 2.28. The molecule has 2 aromatic carbocycles. The summed E-state index contributed by atoms with van der Waals surface area (Å²) in [5, 5.41) is 3.03. The Morgan fingerprint density at radius 3 is 2.19 bits per heavy atom. The standard InChI is InChI=1S/C27H32N4O5/c1-4-36-27(35)19-12-14-31(15-13-19)21-17-23-22(29(2)25(33)26(34)30(23)3)16-20(21)28-24(32)11-10-18-8-6-5-7-9-18/h5-9,16-17,19H,4,10-15H2,1-3H3,(H,28,32). The molecule has 1 amide bonds. The van der Waals surface area contributed by atoms with E-state index in [1.54, 1.807) is 27.1 Å². The largest absolute Gasteiger partial charge is 0.466 e.